The topological polar surface area (TPSA) is 61.8 Å². The van der Waals surface area contributed by atoms with Crippen molar-refractivity contribution in [3.05, 3.63) is 45.2 Å². The second kappa shape index (κ2) is 8.82. The van der Waals surface area contributed by atoms with Crippen LogP contribution in [0.3, 0.4) is 0 Å². The lowest BCUT2D eigenvalue weighted by Crippen LogP contribution is -3.14. The summed E-state index contributed by atoms with van der Waals surface area (Å²) in [4.78, 5) is 19.3. The molecule has 0 amide bonds. The zero-order chi connectivity index (χ0) is 19.4. The van der Waals surface area contributed by atoms with Gasteiger partial charge in [0.2, 0.25) is 0 Å². The summed E-state index contributed by atoms with van der Waals surface area (Å²) in [5, 5.41) is 4.83. The molecular formula is C20H29N4O2S+. The summed E-state index contributed by atoms with van der Waals surface area (Å²) in [5.41, 5.74) is 3.86. The van der Waals surface area contributed by atoms with Gasteiger partial charge < -0.3 is 24.8 Å². The third kappa shape index (κ3) is 4.66. The number of quaternary nitrogens is 1. The van der Waals surface area contributed by atoms with Crippen LogP contribution < -0.4 is 15.8 Å². The average Bonchev–Trinajstić information content (AvgIpc) is 2.69. The Hall–Kier alpha value is -1.96. The molecule has 3 rings (SSSR count). The molecule has 6 nitrogen and oxygen atoms in total. The maximum atomic E-state index is 12.7. The lowest BCUT2D eigenvalue weighted by molar-refractivity contribution is -0.907. The fraction of sp³-hybridized carbons (Fsp3) is 0.500. The number of benzene rings is 1. The number of fused-ring (bicyclic) bond motifs is 1. The van der Waals surface area contributed by atoms with Crippen LogP contribution in [0.1, 0.15) is 16.7 Å². The molecule has 0 bridgehead atoms. The van der Waals surface area contributed by atoms with Crippen LogP contribution in [0.5, 0.6) is 0 Å². The van der Waals surface area contributed by atoms with Crippen LogP contribution in [-0.4, -0.2) is 61.4 Å². The van der Waals surface area contributed by atoms with Crippen molar-refractivity contribution in [3.63, 3.8) is 0 Å². The molecule has 1 saturated heterocycles. The van der Waals surface area contributed by atoms with Crippen molar-refractivity contribution in [1.29, 1.82) is 0 Å². The molecule has 3 N–H and O–H groups in total. The molecule has 1 aliphatic rings. The number of thiocarbonyl (C=S) groups is 1. The molecule has 1 fully saturated rings. The molecule has 1 aromatic heterocycles. The highest BCUT2D eigenvalue weighted by Gasteiger charge is 2.18. The van der Waals surface area contributed by atoms with Crippen molar-refractivity contribution in [3.8, 4) is 0 Å². The van der Waals surface area contributed by atoms with Gasteiger partial charge in [-0.1, -0.05) is 12.1 Å². The van der Waals surface area contributed by atoms with E-state index in [0.29, 0.717) is 11.7 Å². The number of morpholine rings is 1. The van der Waals surface area contributed by atoms with E-state index in [1.807, 2.05) is 26.1 Å². The van der Waals surface area contributed by atoms with Gasteiger partial charge in [-0.2, -0.15) is 0 Å². The number of pyridine rings is 1. The number of aromatic nitrogens is 1. The van der Waals surface area contributed by atoms with Crippen LogP contribution in [0, 0.1) is 13.8 Å². The van der Waals surface area contributed by atoms with Crippen LogP contribution in [-0.2, 0) is 11.3 Å². The van der Waals surface area contributed by atoms with E-state index in [-0.39, 0.29) is 5.56 Å². The molecule has 0 radical (unpaired) electrons. The Morgan fingerprint density at radius 2 is 2.00 bits per heavy atom. The maximum absolute atomic E-state index is 12.7. The first kappa shape index (κ1) is 19.8. The molecule has 0 unspecified atom stereocenters. The summed E-state index contributed by atoms with van der Waals surface area (Å²) < 4.78 is 5.43. The standard InChI is InChI=1S/C20H28N4O2S/c1-14-4-5-15(2)18-17(14)12-16(19(25)22-18)13-24(20(27)21-3)7-6-23-8-10-26-11-9-23/h4-5,12H,6-11,13H2,1-3H3,(H,21,27)(H,22,25)/p+1. The van der Waals surface area contributed by atoms with E-state index in [0.717, 1.165) is 67.0 Å². The Balaban J connectivity index is 1.82. The van der Waals surface area contributed by atoms with E-state index >= 15 is 0 Å². The van der Waals surface area contributed by atoms with Gasteiger partial charge in [0, 0.05) is 18.0 Å². The highest BCUT2D eigenvalue weighted by molar-refractivity contribution is 7.80. The van der Waals surface area contributed by atoms with E-state index in [9.17, 15) is 4.79 Å². The number of H-pyrrole nitrogens is 1. The number of rotatable bonds is 5. The van der Waals surface area contributed by atoms with Crippen LogP contribution in [0.2, 0.25) is 0 Å². The van der Waals surface area contributed by atoms with Gasteiger partial charge in [-0.05, 0) is 43.3 Å². The quantitative estimate of drug-likeness (QED) is 0.645. The summed E-state index contributed by atoms with van der Waals surface area (Å²) >= 11 is 5.50. The van der Waals surface area contributed by atoms with Crippen LogP contribution in [0.25, 0.3) is 10.9 Å². The molecule has 0 atom stereocenters. The Morgan fingerprint density at radius 1 is 1.30 bits per heavy atom. The third-order valence-electron chi connectivity index (χ3n) is 5.32. The first-order valence-electron chi connectivity index (χ1n) is 9.49. The number of aryl methyl sites for hydroxylation is 2. The maximum Gasteiger partial charge on any atom is 0.253 e. The van der Waals surface area contributed by atoms with Gasteiger partial charge in [-0.25, -0.2) is 0 Å². The number of nitrogens with one attached hydrogen (secondary N) is 3. The van der Waals surface area contributed by atoms with E-state index in [1.54, 1.807) is 0 Å². The lowest BCUT2D eigenvalue weighted by Gasteiger charge is -2.29. The van der Waals surface area contributed by atoms with E-state index < -0.39 is 0 Å². The minimum absolute atomic E-state index is 0.0428. The summed E-state index contributed by atoms with van der Waals surface area (Å²) in [7, 11) is 1.83. The summed E-state index contributed by atoms with van der Waals surface area (Å²) in [6.45, 7) is 10.1. The third-order valence-corrected chi connectivity index (χ3v) is 5.78. The van der Waals surface area contributed by atoms with E-state index in [4.69, 9.17) is 17.0 Å². The Kier molecular flexibility index (Phi) is 6.46. The molecule has 0 saturated carbocycles. The van der Waals surface area contributed by atoms with Gasteiger partial charge in [-0.3, -0.25) is 4.79 Å². The Bertz CT molecular complexity index is 874. The summed E-state index contributed by atoms with van der Waals surface area (Å²) in [5.74, 6) is 0. The fourth-order valence-electron chi connectivity index (χ4n) is 3.55. The summed E-state index contributed by atoms with van der Waals surface area (Å²) in [6, 6.07) is 6.15. The molecule has 7 heteroatoms. The van der Waals surface area contributed by atoms with Crippen molar-refractivity contribution < 1.29 is 9.64 Å². The van der Waals surface area contributed by atoms with E-state index in [1.165, 1.54) is 4.90 Å². The van der Waals surface area contributed by atoms with Gasteiger partial charge in [0.1, 0.15) is 13.1 Å². The van der Waals surface area contributed by atoms with Crippen molar-refractivity contribution >= 4 is 28.2 Å². The predicted octanol–water partition coefficient (Wildman–Crippen LogP) is 0.366. The van der Waals surface area contributed by atoms with Gasteiger partial charge in [-0.15, -0.1) is 0 Å². The minimum Gasteiger partial charge on any atom is -0.370 e. The van der Waals surface area contributed by atoms with Gasteiger partial charge in [0.15, 0.2) is 5.11 Å². The van der Waals surface area contributed by atoms with Gasteiger partial charge >= 0.3 is 0 Å². The first-order chi connectivity index (χ1) is 13.0. The minimum atomic E-state index is -0.0428. The monoisotopic (exact) mass is 389 g/mol. The van der Waals surface area contributed by atoms with Crippen LogP contribution in [0.4, 0.5) is 0 Å². The first-order valence-corrected chi connectivity index (χ1v) is 9.90. The molecule has 1 aromatic carbocycles. The number of hydrogen-bond donors (Lipinski definition) is 3. The zero-order valence-electron chi connectivity index (χ0n) is 16.4. The van der Waals surface area contributed by atoms with Gasteiger partial charge in [0.25, 0.3) is 5.56 Å². The van der Waals surface area contributed by atoms with Crippen molar-refractivity contribution in [2.45, 2.75) is 20.4 Å². The van der Waals surface area contributed by atoms with Crippen LogP contribution >= 0.6 is 12.2 Å². The van der Waals surface area contributed by atoms with Crippen molar-refractivity contribution in [2.75, 3.05) is 46.4 Å². The fourth-order valence-corrected chi connectivity index (χ4v) is 3.71. The highest BCUT2D eigenvalue weighted by Crippen LogP contribution is 2.20. The molecule has 2 aromatic rings. The number of aromatic amines is 1. The Labute approximate surface area is 165 Å². The Morgan fingerprint density at radius 3 is 2.70 bits per heavy atom. The smallest absolute Gasteiger partial charge is 0.253 e. The normalized spacial score (nSPS) is 15.1. The molecule has 0 aliphatic carbocycles. The number of hydrogen-bond acceptors (Lipinski definition) is 3. The molecule has 1 aliphatic heterocycles. The molecule has 2 heterocycles. The summed E-state index contributed by atoms with van der Waals surface area (Å²) in [6.07, 6.45) is 0. The highest BCUT2D eigenvalue weighted by atomic mass is 32.1. The zero-order valence-corrected chi connectivity index (χ0v) is 17.2. The second-order valence-electron chi connectivity index (χ2n) is 7.20. The predicted molar refractivity (Wildman–Crippen MR) is 112 cm³/mol. The molecule has 0 spiro atoms. The van der Waals surface area contributed by atoms with Crippen molar-refractivity contribution in [1.82, 2.24) is 15.2 Å². The lowest BCUT2D eigenvalue weighted by atomic mass is 10.0. The molecule has 27 heavy (non-hydrogen) atoms. The van der Waals surface area contributed by atoms with E-state index in [2.05, 4.69) is 28.2 Å². The average molecular weight is 390 g/mol. The molecular weight excluding hydrogens is 360 g/mol. The second-order valence-corrected chi connectivity index (χ2v) is 7.59. The SMILES string of the molecule is CNC(=S)N(CC[NH+]1CCOCC1)Cc1cc2c(C)ccc(C)c2[nH]c1=O. The largest absolute Gasteiger partial charge is 0.370 e. The molecule has 146 valence electrons. The van der Waals surface area contributed by atoms with Crippen LogP contribution in [0.15, 0.2) is 23.0 Å². The van der Waals surface area contributed by atoms with Crippen molar-refractivity contribution in [2.24, 2.45) is 0 Å². The number of nitrogens with zero attached hydrogens (tertiary/aromatic N) is 1. The van der Waals surface area contributed by atoms with Gasteiger partial charge in [0.05, 0.1) is 38.4 Å². The number of ether oxygens (including phenoxy) is 1.